The molecular formula is C22H25F4N3O. The third kappa shape index (κ3) is 3.72. The number of alkyl halides is 4. The third-order valence-electron chi connectivity index (χ3n) is 6.41. The fraction of sp³-hybridized carbons (Fsp3) is 0.545. The highest BCUT2D eigenvalue weighted by Gasteiger charge is 2.71. The number of amides is 1. The van der Waals surface area contributed by atoms with Gasteiger partial charge < -0.3 is 5.32 Å². The van der Waals surface area contributed by atoms with Crippen molar-refractivity contribution in [3.05, 3.63) is 47.2 Å². The molecule has 0 bridgehead atoms. The minimum Gasteiger partial charge on any atom is -0.309 e. The van der Waals surface area contributed by atoms with Gasteiger partial charge in [0.2, 0.25) is 5.91 Å². The highest BCUT2D eigenvalue weighted by Crippen LogP contribution is 2.56. The SMILES string of the molecule is Cn1nc(NC(=O)C[C@H]2CC(F)(F)C2(F)F)c(C2CCC2)c1CCc1ccccc1. The lowest BCUT2D eigenvalue weighted by Crippen LogP contribution is -2.59. The minimum absolute atomic E-state index is 0.272. The predicted molar refractivity (Wildman–Crippen MR) is 105 cm³/mol. The lowest BCUT2D eigenvalue weighted by Gasteiger charge is -2.43. The Hall–Kier alpha value is -2.38. The van der Waals surface area contributed by atoms with Gasteiger partial charge in [-0.2, -0.15) is 22.7 Å². The van der Waals surface area contributed by atoms with E-state index in [1.54, 1.807) is 11.7 Å². The number of rotatable bonds is 7. The molecule has 30 heavy (non-hydrogen) atoms. The summed E-state index contributed by atoms with van der Waals surface area (Å²) in [4.78, 5) is 12.4. The topological polar surface area (TPSA) is 46.9 Å². The molecule has 0 radical (unpaired) electrons. The van der Waals surface area contributed by atoms with Gasteiger partial charge in [0, 0.05) is 37.1 Å². The zero-order valence-corrected chi connectivity index (χ0v) is 16.8. The van der Waals surface area contributed by atoms with E-state index < -0.39 is 36.5 Å². The molecule has 0 saturated heterocycles. The van der Waals surface area contributed by atoms with Gasteiger partial charge in [-0.1, -0.05) is 36.8 Å². The van der Waals surface area contributed by atoms with E-state index in [2.05, 4.69) is 22.5 Å². The van der Waals surface area contributed by atoms with Crippen molar-refractivity contribution in [1.29, 1.82) is 0 Å². The maximum absolute atomic E-state index is 13.5. The van der Waals surface area contributed by atoms with Crippen LogP contribution in [-0.4, -0.2) is 27.5 Å². The van der Waals surface area contributed by atoms with Crippen LogP contribution in [0.3, 0.4) is 0 Å². The van der Waals surface area contributed by atoms with Crippen LogP contribution < -0.4 is 5.32 Å². The standard InChI is InChI=1S/C22H25F4N3O/c1-29-17(11-10-14-6-3-2-4-7-14)19(15-8-5-9-15)20(28-29)27-18(30)12-16-13-21(23,24)22(16,25)26/h2-4,6-7,15-16H,5,8-13H2,1H3,(H,27,28,30)/t16-/m0/s1. The summed E-state index contributed by atoms with van der Waals surface area (Å²) in [6.07, 6.45) is 3.02. The first-order chi connectivity index (χ1) is 14.2. The second-order valence-corrected chi connectivity index (χ2v) is 8.43. The summed E-state index contributed by atoms with van der Waals surface area (Å²) < 4.78 is 54.9. The van der Waals surface area contributed by atoms with E-state index >= 15 is 0 Å². The van der Waals surface area contributed by atoms with E-state index in [1.807, 2.05) is 18.2 Å². The molecule has 1 amide bonds. The third-order valence-corrected chi connectivity index (χ3v) is 6.41. The Morgan fingerprint density at radius 2 is 1.87 bits per heavy atom. The van der Waals surface area contributed by atoms with Gasteiger partial charge in [0.15, 0.2) is 5.82 Å². The summed E-state index contributed by atoms with van der Waals surface area (Å²) in [5.41, 5.74) is 3.16. The fourth-order valence-corrected chi connectivity index (χ4v) is 4.35. The molecule has 0 unspecified atom stereocenters. The molecule has 0 spiro atoms. The van der Waals surface area contributed by atoms with Crippen LogP contribution in [-0.2, 0) is 24.7 Å². The van der Waals surface area contributed by atoms with Gasteiger partial charge in [0.25, 0.3) is 0 Å². The van der Waals surface area contributed by atoms with E-state index in [1.165, 1.54) is 5.56 Å². The van der Waals surface area contributed by atoms with Gasteiger partial charge in [-0.15, -0.1) is 0 Å². The maximum atomic E-state index is 13.5. The molecule has 1 heterocycles. The van der Waals surface area contributed by atoms with E-state index in [0.29, 0.717) is 5.82 Å². The van der Waals surface area contributed by atoms with Gasteiger partial charge >= 0.3 is 11.8 Å². The second kappa shape index (κ2) is 7.71. The number of nitrogens with zero attached hydrogens (tertiary/aromatic N) is 2. The van der Waals surface area contributed by atoms with Crippen LogP contribution in [0.25, 0.3) is 0 Å². The Kier molecular flexibility index (Phi) is 5.36. The summed E-state index contributed by atoms with van der Waals surface area (Å²) in [7, 11) is 1.80. The van der Waals surface area contributed by atoms with Gasteiger partial charge in [0.1, 0.15) is 0 Å². The lowest BCUT2D eigenvalue weighted by atomic mass is 9.74. The summed E-state index contributed by atoms with van der Waals surface area (Å²) in [6, 6.07) is 10.0. The van der Waals surface area contributed by atoms with Crippen LogP contribution in [0.2, 0.25) is 0 Å². The maximum Gasteiger partial charge on any atom is 0.313 e. The molecule has 2 fully saturated rings. The summed E-state index contributed by atoms with van der Waals surface area (Å²) in [5.74, 6) is -9.83. The highest BCUT2D eigenvalue weighted by molar-refractivity contribution is 5.91. The molecule has 0 aliphatic heterocycles. The van der Waals surface area contributed by atoms with Crippen molar-refractivity contribution in [2.75, 3.05) is 5.32 Å². The second-order valence-electron chi connectivity index (χ2n) is 8.43. The van der Waals surface area contributed by atoms with Gasteiger partial charge in [-0.3, -0.25) is 9.48 Å². The number of nitrogens with one attached hydrogen (secondary N) is 1. The van der Waals surface area contributed by atoms with Crippen LogP contribution in [0, 0.1) is 5.92 Å². The molecule has 1 N–H and O–H groups in total. The molecule has 4 rings (SSSR count). The van der Waals surface area contributed by atoms with Crippen LogP contribution in [0.4, 0.5) is 23.4 Å². The molecule has 2 aliphatic rings. The minimum atomic E-state index is -4.13. The Balaban J connectivity index is 1.48. The van der Waals surface area contributed by atoms with Crippen LogP contribution >= 0.6 is 0 Å². The van der Waals surface area contributed by atoms with Crippen molar-refractivity contribution in [3.8, 4) is 0 Å². The quantitative estimate of drug-likeness (QED) is 0.631. The zero-order chi connectivity index (χ0) is 21.5. The Morgan fingerprint density at radius 3 is 2.43 bits per heavy atom. The van der Waals surface area contributed by atoms with E-state index in [0.717, 1.165) is 43.4 Å². The number of aryl methyl sites for hydroxylation is 2. The molecule has 2 saturated carbocycles. The zero-order valence-electron chi connectivity index (χ0n) is 16.8. The number of halogens is 4. The normalized spacial score (nSPS) is 22.2. The smallest absolute Gasteiger partial charge is 0.309 e. The van der Waals surface area contributed by atoms with Gasteiger partial charge in [-0.05, 0) is 37.2 Å². The van der Waals surface area contributed by atoms with Crippen molar-refractivity contribution in [2.24, 2.45) is 13.0 Å². The fourth-order valence-electron chi connectivity index (χ4n) is 4.35. The molecular weight excluding hydrogens is 398 g/mol. The number of carbonyl (C=O) groups is 1. The number of anilines is 1. The first-order valence-electron chi connectivity index (χ1n) is 10.3. The van der Waals surface area contributed by atoms with Crippen LogP contribution in [0.5, 0.6) is 0 Å². The average molecular weight is 423 g/mol. The first kappa shape index (κ1) is 20.9. The molecule has 162 valence electrons. The van der Waals surface area contributed by atoms with E-state index in [9.17, 15) is 22.4 Å². The number of carbonyl (C=O) groups excluding carboxylic acids is 1. The van der Waals surface area contributed by atoms with Crippen molar-refractivity contribution in [2.45, 2.75) is 62.7 Å². The molecule has 1 aromatic heterocycles. The highest BCUT2D eigenvalue weighted by atomic mass is 19.3. The lowest BCUT2D eigenvalue weighted by molar-refractivity contribution is -0.313. The number of aromatic nitrogens is 2. The predicted octanol–water partition coefficient (Wildman–Crippen LogP) is 5.09. The van der Waals surface area contributed by atoms with Crippen LogP contribution in [0.1, 0.15) is 54.8 Å². The molecule has 1 atom stereocenters. The monoisotopic (exact) mass is 423 g/mol. The van der Waals surface area contributed by atoms with Crippen LogP contribution in [0.15, 0.2) is 30.3 Å². The molecule has 4 nitrogen and oxygen atoms in total. The van der Waals surface area contributed by atoms with Gasteiger partial charge in [-0.25, -0.2) is 0 Å². The average Bonchev–Trinajstić information content (AvgIpc) is 2.94. The Morgan fingerprint density at radius 1 is 1.17 bits per heavy atom. The first-order valence-corrected chi connectivity index (χ1v) is 10.3. The summed E-state index contributed by atoms with van der Waals surface area (Å²) in [5, 5.41) is 7.07. The number of hydrogen-bond donors (Lipinski definition) is 1. The summed E-state index contributed by atoms with van der Waals surface area (Å²) >= 11 is 0. The molecule has 8 heteroatoms. The summed E-state index contributed by atoms with van der Waals surface area (Å²) in [6.45, 7) is 0. The van der Waals surface area contributed by atoms with Crippen molar-refractivity contribution < 1.29 is 22.4 Å². The van der Waals surface area contributed by atoms with Crippen molar-refractivity contribution in [1.82, 2.24) is 9.78 Å². The van der Waals surface area contributed by atoms with E-state index in [4.69, 9.17) is 0 Å². The van der Waals surface area contributed by atoms with Crippen molar-refractivity contribution >= 4 is 11.7 Å². The largest absolute Gasteiger partial charge is 0.313 e. The van der Waals surface area contributed by atoms with E-state index in [-0.39, 0.29) is 5.92 Å². The molecule has 2 aliphatic carbocycles. The molecule has 1 aromatic carbocycles. The Labute approximate surface area is 172 Å². The Bertz CT molecular complexity index is 922. The van der Waals surface area contributed by atoms with Gasteiger partial charge in [0.05, 0.1) is 0 Å². The van der Waals surface area contributed by atoms with Crippen molar-refractivity contribution in [3.63, 3.8) is 0 Å². The number of benzene rings is 1. The number of hydrogen-bond acceptors (Lipinski definition) is 2. The molecule has 2 aromatic rings.